The van der Waals surface area contributed by atoms with E-state index in [2.05, 4.69) is 4.74 Å². The summed E-state index contributed by atoms with van der Waals surface area (Å²) in [7, 11) is 1.39. The van der Waals surface area contributed by atoms with E-state index in [1.54, 1.807) is 6.07 Å². The van der Waals surface area contributed by atoms with Gasteiger partial charge < -0.3 is 4.74 Å². The molecule has 2 rings (SSSR count). The average molecular weight is 243 g/mol. The molecule has 1 aliphatic rings. The molecular formula is C12H12ClFO2. The lowest BCUT2D eigenvalue weighted by molar-refractivity contribution is -0.148. The predicted octanol–water partition coefficient (Wildman–Crippen LogP) is 3.15. The molecule has 0 bridgehead atoms. The molecule has 1 aromatic carbocycles. The van der Waals surface area contributed by atoms with Crippen LogP contribution in [0.3, 0.4) is 0 Å². The van der Waals surface area contributed by atoms with Crippen LogP contribution < -0.4 is 0 Å². The lowest BCUT2D eigenvalue weighted by Crippen LogP contribution is -2.29. The first-order valence-corrected chi connectivity index (χ1v) is 5.52. The summed E-state index contributed by atoms with van der Waals surface area (Å²) in [6.07, 6.45) is 1.46. The van der Waals surface area contributed by atoms with Crippen molar-refractivity contribution in [2.75, 3.05) is 7.11 Å². The van der Waals surface area contributed by atoms with Crippen LogP contribution in [0.25, 0.3) is 0 Å². The zero-order valence-corrected chi connectivity index (χ0v) is 9.63. The van der Waals surface area contributed by atoms with Gasteiger partial charge in [-0.05, 0) is 36.5 Å². The fourth-order valence-corrected chi connectivity index (χ4v) is 2.13. The van der Waals surface area contributed by atoms with Gasteiger partial charge in [-0.15, -0.1) is 0 Å². The molecule has 0 unspecified atom stereocenters. The van der Waals surface area contributed by atoms with Gasteiger partial charge >= 0.3 is 5.97 Å². The zero-order chi connectivity index (χ0) is 11.7. The lowest BCUT2D eigenvalue weighted by Gasteiger charge is -2.33. The van der Waals surface area contributed by atoms with Gasteiger partial charge in [0.25, 0.3) is 0 Å². The molecule has 0 amide bonds. The Morgan fingerprint density at radius 2 is 2.19 bits per heavy atom. The van der Waals surface area contributed by atoms with Crippen LogP contribution in [0.4, 0.5) is 4.39 Å². The summed E-state index contributed by atoms with van der Waals surface area (Å²) in [6, 6.07) is 4.81. The maximum Gasteiger partial charge on any atom is 0.308 e. The second-order valence-electron chi connectivity index (χ2n) is 4.06. The Morgan fingerprint density at radius 3 is 2.75 bits per heavy atom. The van der Waals surface area contributed by atoms with E-state index >= 15 is 0 Å². The van der Waals surface area contributed by atoms with E-state index in [1.165, 1.54) is 13.2 Å². The molecule has 1 aliphatic carbocycles. The van der Waals surface area contributed by atoms with Crippen LogP contribution >= 0.6 is 11.6 Å². The first kappa shape index (κ1) is 11.4. The molecule has 0 N–H and O–H groups in total. The smallest absolute Gasteiger partial charge is 0.308 e. The molecule has 2 nitrogen and oxygen atoms in total. The monoisotopic (exact) mass is 242 g/mol. The number of hydrogen-bond acceptors (Lipinski definition) is 2. The van der Waals surface area contributed by atoms with Gasteiger partial charge in [-0.25, -0.2) is 4.39 Å². The van der Waals surface area contributed by atoms with Gasteiger partial charge in [-0.1, -0.05) is 17.7 Å². The Balaban J connectivity index is 2.01. The highest BCUT2D eigenvalue weighted by molar-refractivity contribution is 6.30. The molecule has 1 saturated carbocycles. The minimum absolute atomic E-state index is 0.0336. The topological polar surface area (TPSA) is 26.3 Å². The highest BCUT2D eigenvalue weighted by atomic mass is 35.5. The molecule has 0 saturated heterocycles. The Labute approximate surface area is 98.4 Å². The van der Waals surface area contributed by atoms with Crippen LogP contribution in [-0.2, 0) is 9.53 Å². The Kier molecular flexibility index (Phi) is 3.15. The van der Waals surface area contributed by atoms with E-state index < -0.39 is 5.82 Å². The fraction of sp³-hybridized carbons (Fsp3) is 0.417. The molecule has 0 aromatic heterocycles. The summed E-state index contributed by atoms with van der Waals surface area (Å²) in [4.78, 5) is 11.2. The number of benzene rings is 1. The van der Waals surface area contributed by atoms with E-state index in [9.17, 15) is 9.18 Å². The molecular weight excluding hydrogens is 231 g/mol. The van der Waals surface area contributed by atoms with Crippen LogP contribution in [0.2, 0.25) is 5.02 Å². The van der Waals surface area contributed by atoms with Gasteiger partial charge in [0.05, 0.1) is 18.1 Å². The molecule has 0 aliphatic heterocycles. The van der Waals surface area contributed by atoms with Crippen molar-refractivity contribution in [1.29, 1.82) is 0 Å². The SMILES string of the molecule is COC(=O)[C@H]1C[C@H](c2ccc(Cl)c(F)c2)C1. The number of carbonyl (C=O) groups is 1. The molecule has 0 spiro atoms. The number of rotatable bonds is 2. The van der Waals surface area contributed by atoms with Gasteiger partial charge in [0, 0.05) is 0 Å². The van der Waals surface area contributed by atoms with Crippen molar-refractivity contribution in [2.24, 2.45) is 5.92 Å². The second-order valence-corrected chi connectivity index (χ2v) is 4.47. The summed E-state index contributed by atoms with van der Waals surface area (Å²) in [5, 5.41) is 0.132. The molecule has 86 valence electrons. The Hall–Kier alpha value is -1.09. The third kappa shape index (κ3) is 2.05. The standard InChI is InChI=1S/C12H12ClFO2/c1-16-12(15)9-4-8(5-9)7-2-3-10(13)11(14)6-7/h2-3,6,8-9H,4-5H2,1H3/t8-,9-. The summed E-state index contributed by atoms with van der Waals surface area (Å²) < 4.78 is 17.8. The van der Waals surface area contributed by atoms with E-state index in [0.717, 1.165) is 18.4 Å². The number of ether oxygens (including phenoxy) is 1. The minimum Gasteiger partial charge on any atom is -0.469 e. The van der Waals surface area contributed by atoms with Gasteiger partial charge in [-0.3, -0.25) is 4.79 Å². The molecule has 0 radical (unpaired) electrons. The Morgan fingerprint density at radius 1 is 1.50 bits per heavy atom. The van der Waals surface area contributed by atoms with Crippen LogP contribution in [0.1, 0.15) is 24.3 Å². The fourth-order valence-electron chi connectivity index (χ4n) is 2.02. The molecule has 1 fully saturated rings. The predicted molar refractivity (Wildman–Crippen MR) is 58.9 cm³/mol. The van der Waals surface area contributed by atoms with Crippen LogP contribution in [-0.4, -0.2) is 13.1 Å². The van der Waals surface area contributed by atoms with Crippen LogP contribution in [0.15, 0.2) is 18.2 Å². The highest BCUT2D eigenvalue weighted by Crippen LogP contribution is 2.42. The largest absolute Gasteiger partial charge is 0.469 e. The average Bonchev–Trinajstić information content (AvgIpc) is 2.21. The summed E-state index contributed by atoms with van der Waals surface area (Å²) in [6.45, 7) is 0. The number of halogens is 2. The zero-order valence-electron chi connectivity index (χ0n) is 8.87. The van der Waals surface area contributed by atoms with E-state index in [1.807, 2.05) is 6.07 Å². The van der Waals surface area contributed by atoms with Crippen molar-refractivity contribution < 1.29 is 13.9 Å². The maximum absolute atomic E-state index is 13.2. The van der Waals surface area contributed by atoms with Crippen molar-refractivity contribution in [1.82, 2.24) is 0 Å². The van der Waals surface area contributed by atoms with Crippen molar-refractivity contribution in [3.05, 3.63) is 34.6 Å². The normalized spacial score (nSPS) is 23.7. The molecule has 16 heavy (non-hydrogen) atoms. The summed E-state index contributed by atoms with van der Waals surface area (Å²) in [5.41, 5.74) is 0.905. The van der Waals surface area contributed by atoms with Crippen molar-refractivity contribution in [3.63, 3.8) is 0 Å². The number of hydrogen-bond donors (Lipinski definition) is 0. The molecule has 4 heteroatoms. The molecule has 0 heterocycles. The van der Waals surface area contributed by atoms with Gasteiger partial charge in [-0.2, -0.15) is 0 Å². The van der Waals surface area contributed by atoms with E-state index in [0.29, 0.717) is 0 Å². The van der Waals surface area contributed by atoms with E-state index in [4.69, 9.17) is 11.6 Å². The third-order valence-electron chi connectivity index (χ3n) is 3.09. The third-order valence-corrected chi connectivity index (χ3v) is 3.39. The van der Waals surface area contributed by atoms with Crippen molar-refractivity contribution in [2.45, 2.75) is 18.8 Å². The van der Waals surface area contributed by atoms with Gasteiger partial charge in [0.1, 0.15) is 5.82 Å². The Bertz CT molecular complexity index is 413. The van der Waals surface area contributed by atoms with Crippen molar-refractivity contribution in [3.8, 4) is 0 Å². The summed E-state index contributed by atoms with van der Waals surface area (Å²) >= 11 is 5.60. The molecule has 1 aromatic rings. The summed E-state index contributed by atoms with van der Waals surface area (Å²) in [5.74, 6) is -0.365. The lowest BCUT2D eigenvalue weighted by atomic mass is 9.71. The van der Waals surface area contributed by atoms with Gasteiger partial charge in [0.15, 0.2) is 0 Å². The number of methoxy groups -OCH3 is 1. The quantitative estimate of drug-likeness (QED) is 0.745. The highest BCUT2D eigenvalue weighted by Gasteiger charge is 2.36. The van der Waals surface area contributed by atoms with Gasteiger partial charge in [0.2, 0.25) is 0 Å². The molecule has 0 atom stereocenters. The second kappa shape index (κ2) is 4.42. The first-order valence-electron chi connectivity index (χ1n) is 5.14. The van der Waals surface area contributed by atoms with Crippen LogP contribution in [0, 0.1) is 11.7 Å². The number of esters is 1. The maximum atomic E-state index is 13.2. The van der Waals surface area contributed by atoms with Crippen molar-refractivity contribution >= 4 is 17.6 Å². The first-order chi connectivity index (χ1) is 7.61. The van der Waals surface area contributed by atoms with E-state index in [-0.39, 0.29) is 22.8 Å². The number of carbonyl (C=O) groups excluding carboxylic acids is 1. The minimum atomic E-state index is -0.402. The van der Waals surface area contributed by atoms with Crippen LogP contribution in [0.5, 0.6) is 0 Å².